The van der Waals surface area contributed by atoms with Crippen LogP contribution in [0.4, 0.5) is 11.4 Å². The Morgan fingerprint density at radius 3 is 2.84 bits per heavy atom. The highest BCUT2D eigenvalue weighted by molar-refractivity contribution is 8.05. The van der Waals surface area contributed by atoms with Gasteiger partial charge in [0.2, 0.25) is 0 Å². The van der Waals surface area contributed by atoms with Crippen molar-refractivity contribution in [3.05, 3.63) is 46.7 Å². The number of anilines is 2. The summed E-state index contributed by atoms with van der Waals surface area (Å²) in [5, 5.41) is 1.87. The van der Waals surface area contributed by atoms with Gasteiger partial charge in [-0.2, -0.15) is 0 Å². The first-order valence-corrected chi connectivity index (χ1v) is 7.26. The van der Waals surface area contributed by atoms with Crippen LogP contribution in [0.1, 0.15) is 18.9 Å². The monoisotopic (exact) mass is 277 g/mol. The number of nitrogens with one attached hydrogen (secondary N) is 1. The van der Waals surface area contributed by atoms with E-state index in [0.717, 1.165) is 24.3 Å². The topological polar surface area (TPSA) is 41.3 Å². The third kappa shape index (κ3) is 4.33. The zero-order valence-electron chi connectivity index (χ0n) is 11.9. The van der Waals surface area contributed by atoms with Gasteiger partial charge in [-0.1, -0.05) is 31.7 Å². The van der Waals surface area contributed by atoms with E-state index < -0.39 is 0 Å². The van der Waals surface area contributed by atoms with Crippen molar-refractivity contribution in [2.45, 2.75) is 20.3 Å². The first kappa shape index (κ1) is 15.7. The minimum absolute atomic E-state index is 0.851. The summed E-state index contributed by atoms with van der Waals surface area (Å²) in [6.45, 7) is 8.87. The highest BCUT2D eigenvalue weighted by Gasteiger charge is 2.11. The summed E-state index contributed by atoms with van der Waals surface area (Å²) >= 11 is 1.67. The lowest BCUT2D eigenvalue weighted by atomic mass is 10.1. The molecule has 1 aromatic rings. The standard InChI is InChI=1S/C15H23N3S/c1-5-8-13(19-6-2)11-18(4)15-12(3)9-7-10-14(15)17-16/h6-10,17H,2,5,11,16H2,1,3-4H3/b13-8-. The minimum atomic E-state index is 0.851. The lowest BCUT2D eigenvalue weighted by molar-refractivity contribution is 1.00. The second kappa shape index (κ2) is 7.92. The average molecular weight is 277 g/mol. The molecule has 0 bridgehead atoms. The van der Waals surface area contributed by atoms with Crippen LogP contribution in [0, 0.1) is 6.92 Å². The van der Waals surface area contributed by atoms with E-state index in [-0.39, 0.29) is 0 Å². The van der Waals surface area contributed by atoms with Crippen LogP contribution in [-0.2, 0) is 0 Å². The Morgan fingerprint density at radius 1 is 1.53 bits per heavy atom. The molecule has 0 saturated carbocycles. The van der Waals surface area contributed by atoms with Gasteiger partial charge in [-0.3, -0.25) is 5.84 Å². The smallest absolute Gasteiger partial charge is 0.0722 e. The van der Waals surface area contributed by atoms with Crippen LogP contribution >= 0.6 is 11.8 Å². The first-order valence-electron chi connectivity index (χ1n) is 6.38. The van der Waals surface area contributed by atoms with Crippen LogP contribution in [-0.4, -0.2) is 13.6 Å². The molecule has 19 heavy (non-hydrogen) atoms. The molecule has 0 aromatic heterocycles. The van der Waals surface area contributed by atoms with E-state index in [1.165, 1.54) is 10.5 Å². The molecule has 0 fully saturated rings. The predicted octanol–water partition coefficient (Wildman–Crippen LogP) is 3.89. The Kier molecular flexibility index (Phi) is 6.53. The van der Waals surface area contributed by atoms with Gasteiger partial charge in [0, 0.05) is 18.5 Å². The van der Waals surface area contributed by atoms with Crippen LogP contribution in [0.2, 0.25) is 0 Å². The minimum Gasteiger partial charge on any atom is -0.368 e. The van der Waals surface area contributed by atoms with Gasteiger partial charge < -0.3 is 10.3 Å². The molecular weight excluding hydrogens is 254 g/mol. The zero-order chi connectivity index (χ0) is 14.3. The van der Waals surface area contributed by atoms with Crippen molar-refractivity contribution < 1.29 is 0 Å². The lowest BCUT2D eigenvalue weighted by Gasteiger charge is -2.25. The summed E-state index contributed by atoms with van der Waals surface area (Å²) in [5.74, 6) is 5.59. The number of nitrogens with two attached hydrogens (primary N) is 1. The molecule has 0 aliphatic rings. The Hall–Kier alpha value is -1.39. The number of nitrogen functional groups attached to an aromatic ring is 1. The molecule has 0 aliphatic heterocycles. The van der Waals surface area contributed by atoms with E-state index in [4.69, 9.17) is 5.84 Å². The highest BCUT2D eigenvalue weighted by Crippen LogP contribution is 2.30. The van der Waals surface area contributed by atoms with Gasteiger partial charge in [0.15, 0.2) is 0 Å². The molecule has 0 atom stereocenters. The summed E-state index contributed by atoms with van der Waals surface area (Å²) in [4.78, 5) is 3.51. The number of hydrogen-bond acceptors (Lipinski definition) is 4. The SMILES string of the molecule is C=CS/C(=C\CC)CN(C)c1c(C)cccc1NN. The molecule has 0 spiro atoms. The van der Waals surface area contributed by atoms with Crippen LogP contribution < -0.4 is 16.2 Å². The number of nitrogens with zero attached hydrogens (tertiary/aromatic N) is 1. The van der Waals surface area contributed by atoms with Gasteiger partial charge >= 0.3 is 0 Å². The fourth-order valence-electron chi connectivity index (χ4n) is 2.08. The number of aryl methyl sites for hydroxylation is 1. The highest BCUT2D eigenvalue weighted by atomic mass is 32.2. The molecule has 0 amide bonds. The van der Waals surface area contributed by atoms with Gasteiger partial charge in [0.1, 0.15) is 0 Å². The third-order valence-corrected chi connectivity index (χ3v) is 3.60. The summed E-state index contributed by atoms with van der Waals surface area (Å²) in [5.41, 5.74) is 6.05. The summed E-state index contributed by atoms with van der Waals surface area (Å²) in [7, 11) is 2.08. The Morgan fingerprint density at radius 2 is 2.26 bits per heavy atom. The van der Waals surface area contributed by atoms with Gasteiger partial charge in [0.25, 0.3) is 0 Å². The maximum Gasteiger partial charge on any atom is 0.0722 e. The fourth-order valence-corrected chi connectivity index (χ4v) is 2.82. The molecule has 0 heterocycles. The number of thioether (sulfide) groups is 1. The van der Waals surface area contributed by atoms with Gasteiger partial charge in [-0.25, -0.2) is 0 Å². The Labute approximate surface area is 120 Å². The normalized spacial score (nSPS) is 11.3. The third-order valence-electron chi connectivity index (χ3n) is 2.83. The van der Waals surface area contributed by atoms with Crippen LogP contribution in [0.5, 0.6) is 0 Å². The van der Waals surface area contributed by atoms with Crippen LogP contribution in [0.3, 0.4) is 0 Å². The van der Waals surface area contributed by atoms with Crippen molar-refractivity contribution in [1.29, 1.82) is 0 Å². The maximum absolute atomic E-state index is 5.59. The molecule has 3 nitrogen and oxygen atoms in total. The van der Waals surface area contributed by atoms with Crippen molar-refractivity contribution in [1.82, 2.24) is 0 Å². The second-order valence-corrected chi connectivity index (χ2v) is 5.43. The van der Waals surface area contributed by atoms with E-state index >= 15 is 0 Å². The van der Waals surface area contributed by atoms with Gasteiger partial charge in [0.05, 0.1) is 11.4 Å². The maximum atomic E-state index is 5.59. The summed E-state index contributed by atoms with van der Waals surface area (Å²) in [6.07, 6.45) is 3.26. The van der Waals surface area contributed by atoms with Crippen molar-refractivity contribution >= 4 is 23.1 Å². The van der Waals surface area contributed by atoms with E-state index in [2.05, 4.69) is 49.9 Å². The van der Waals surface area contributed by atoms with E-state index in [9.17, 15) is 0 Å². The Bertz CT molecular complexity index is 455. The first-order chi connectivity index (χ1) is 9.13. The lowest BCUT2D eigenvalue weighted by Crippen LogP contribution is -2.22. The summed E-state index contributed by atoms with van der Waals surface area (Å²) < 4.78 is 0. The molecule has 0 aliphatic carbocycles. The average Bonchev–Trinajstić information content (AvgIpc) is 2.38. The number of likely N-dealkylation sites (N-methyl/N-ethyl adjacent to an activating group) is 1. The van der Waals surface area contributed by atoms with Crippen molar-refractivity contribution in [2.75, 3.05) is 23.9 Å². The molecule has 0 unspecified atom stereocenters. The molecule has 1 aromatic carbocycles. The number of rotatable bonds is 7. The molecular formula is C15H23N3S. The largest absolute Gasteiger partial charge is 0.368 e. The van der Waals surface area contributed by atoms with Gasteiger partial charge in [-0.05, 0) is 30.4 Å². The second-order valence-electron chi connectivity index (χ2n) is 4.33. The fraction of sp³-hybridized carbons (Fsp3) is 0.333. The van der Waals surface area contributed by atoms with Crippen LogP contribution in [0.25, 0.3) is 0 Å². The van der Waals surface area contributed by atoms with Crippen molar-refractivity contribution in [3.8, 4) is 0 Å². The van der Waals surface area contributed by atoms with E-state index in [0.29, 0.717) is 0 Å². The molecule has 0 radical (unpaired) electrons. The number of hydrazine groups is 1. The number of para-hydroxylation sites is 1. The quantitative estimate of drug-likeness (QED) is 0.586. The van der Waals surface area contributed by atoms with Crippen LogP contribution in [0.15, 0.2) is 41.2 Å². The predicted molar refractivity (Wildman–Crippen MR) is 88.4 cm³/mol. The molecule has 1 rings (SSSR count). The van der Waals surface area contributed by atoms with E-state index in [1.54, 1.807) is 11.8 Å². The van der Waals surface area contributed by atoms with Crippen molar-refractivity contribution in [3.63, 3.8) is 0 Å². The molecule has 4 heteroatoms. The number of allylic oxidation sites excluding steroid dienone is 1. The molecule has 104 valence electrons. The summed E-state index contributed by atoms with van der Waals surface area (Å²) in [6, 6.07) is 6.09. The van der Waals surface area contributed by atoms with Crippen molar-refractivity contribution in [2.24, 2.45) is 5.84 Å². The molecule has 3 N–H and O–H groups in total. The molecule has 0 saturated heterocycles. The number of benzene rings is 1. The van der Waals surface area contributed by atoms with Gasteiger partial charge in [-0.15, -0.1) is 11.8 Å². The number of hydrogen-bond donors (Lipinski definition) is 2. The Balaban J connectivity index is 2.96. The zero-order valence-corrected chi connectivity index (χ0v) is 12.8. The van der Waals surface area contributed by atoms with E-state index in [1.807, 2.05) is 17.5 Å².